The van der Waals surface area contributed by atoms with Crippen LogP contribution in [0.5, 0.6) is 5.75 Å². The molecule has 3 aromatic rings. The number of esters is 1. The quantitative estimate of drug-likeness (QED) is 0.223. The summed E-state index contributed by atoms with van der Waals surface area (Å²) in [6.45, 7) is 0.302. The molecule has 0 bridgehead atoms. The number of nitrogens with one attached hydrogen (secondary N) is 1. The number of rotatable bonds is 5. The Kier molecular flexibility index (Phi) is 5.03. The zero-order valence-electron chi connectivity index (χ0n) is 16.8. The highest BCUT2D eigenvalue weighted by molar-refractivity contribution is 6.10. The standard InChI is InChI=1S/C23H23N3O4/c1-26-16(11-20(22(26)27)23(28)29-2)12-30-17-6-8-19-14(10-17)4-3-13-9-15(21(24)25)5-7-18(13)19/h3-10,16,20H,11-12H2,1-2H3,(H3,24,25)/t16-,20-/m0/s1. The molecule has 3 N–H and O–H groups in total. The van der Waals surface area contributed by atoms with Crippen molar-refractivity contribution in [2.45, 2.75) is 12.5 Å². The van der Waals surface area contributed by atoms with Crippen molar-refractivity contribution in [3.8, 4) is 5.75 Å². The number of methoxy groups -OCH3 is 1. The topological polar surface area (TPSA) is 106 Å². The summed E-state index contributed by atoms with van der Waals surface area (Å²) in [4.78, 5) is 25.6. The molecule has 2 atom stereocenters. The normalized spacial score (nSPS) is 18.7. The number of hydrogen-bond acceptors (Lipinski definition) is 5. The first kappa shape index (κ1) is 19.7. The zero-order valence-corrected chi connectivity index (χ0v) is 16.8. The molecule has 154 valence electrons. The number of amides is 1. The van der Waals surface area contributed by atoms with Crippen LogP contribution in [-0.2, 0) is 14.3 Å². The van der Waals surface area contributed by atoms with E-state index >= 15 is 0 Å². The van der Waals surface area contributed by atoms with E-state index in [0.717, 1.165) is 21.5 Å². The summed E-state index contributed by atoms with van der Waals surface area (Å²) in [5.41, 5.74) is 6.29. The van der Waals surface area contributed by atoms with Gasteiger partial charge in [-0.3, -0.25) is 15.0 Å². The molecule has 0 aliphatic carbocycles. The predicted molar refractivity (Wildman–Crippen MR) is 115 cm³/mol. The highest BCUT2D eigenvalue weighted by Crippen LogP contribution is 2.30. The van der Waals surface area contributed by atoms with Gasteiger partial charge >= 0.3 is 5.97 Å². The highest BCUT2D eigenvalue weighted by Gasteiger charge is 2.42. The molecule has 4 rings (SSSR count). The van der Waals surface area contributed by atoms with Crippen LogP contribution >= 0.6 is 0 Å². The number of likely N-dealkylation sites (tertiary alicyclic amines) is 1. The van der Waals surface area contributed by atoms with E-state index in [0.29, 0.717) is 24.3 Å². The Bertz CT molecular complexity index is 1170. The summed E-state index contributed by atoms with van der Waals surface area (Å²) in [5.74, 6) is -0.739. The summed E-state index contributed by atoms with van der Waals surface area (Å²) >= 11 is 0. The Morgan fingerprint density at radius 2 is 1.80 bits per heavy atom. The molecule has 1 amide bonds. The Labute approximate surface area is 173 Å². The lowest BCUT2D eigenvalue weighted by molar-refractivity contribution is -0.150. The van der Waals surface area contributed by atoms with Crippen molar-refractivity contribution >= 4 is 39.3 Å². The van der Waals surface area contributed by atoms with Gasteiger partial charge < -0.3 is 20.1 Å². The molecule has 1 aliphatic heterocycles. The largest absolute Gasteiger partial charge is 0.491 e. The number of likely N-dealkylation sites (N-methyl/N-ethyl adjacent to an activating group) is 1. The van der Waals surface area contributed by atoms with Crippen LogP contribution in [0.4, 0.5) is 0 Å². The van der Waals surface area contributed by atoms with Gasteiger partial charge in [0.25, 0.3) is 0 Å². The Morgan fingerprint density at radius 1 is 1.13 bits per heavy atom. The van der Waals surface area contributed by atoms with E-state index in [9.17, 15) is 9.59 Å². The van der Waals surface area contributed by atoms with Crippen LogP contribution < -0.4 is 10.5 Å². The third-order valence-corrected chi connectivity index (χ3v) is 5.75. The molecule has 0 unspecified atom stereocenters. The molecular formula is C23H23N3O4. The average molecular weight is 405 g/mol. The molecule has 7 heteroatoms. The van der Waals surface area contributed by atoms with Crippen molar-refractivity contribution in [3.63, 3.8) is 0 Å². The minimum Gasteiger partial charge on any atom is -0.491 e. The molecule has 30 heavy (non-hydrogen) atoms. The van der Waals surface area contributed by atoms with Crippen LogP contribution in [0.1, 0.15) is 12.0 Å². The van der Waals surface area contributed by atoms with E-state index in [2.05, 4.69) is 0 Å². The summed E-state index contributed by atoms with van der Waals surface area (Å²) in [7, 11) is 2.97. The smallest absolute Gasteiger partial charge is 0.318 e. The van der Waals surface area contributed by atoms with Gasteiger partial charge in [-0.05, 0) is 46.2 Å². The van der Waals surface area contributed by atoms with Crippen LogP contribution in [0.2, 0.25) is 0 Å². The molecule has 0 radical (unpaired) electrons. The van der Waals surface area contributed by atoms with Gasteiger partial charge in [-0.2, -0.15) is 0 Å². The number of ether oxygens (including phenoxy) is 2. The number of carbonyl (C=O) groups is 2. The third kappa shape index (κ3) is 3.43. The average Bonchev–Trinajstić information content (AvgIpc) is 3.04. The minimum atomic E-state index is -0.753. The molecule has 0 saturated carbocycles. The van der Waals surface area contributed by atoms with Gasteiger partial charge in [0, 0.05) is 12.6 Å². The Hall–Kier alpha value is -3.61. The fraction of sp³-hybridized carbons (Fsp3) is 0.261. The first-order valence-corrected chi connectivity index (χ1v) is 9.67. The van der Waals surface area contributed by atoms with Crippen molar-refractivity contribution < 1.29 is 19.1 Å². The number of benzene rings is 3. The maximum atomic E-state index is 12.2. The molecule has 1 aliphatic rings. The molecule has 1 saturated heterocycles. The second kappa shape index (κ2) is 7.67. The van der Waals surface area contributed by atoms with Gasteiger partial charge in [0.2, 0.25) is 5.91 Å². The fourth-order valence-electron chi connectivity index (χ4n) is 3.98. The van der Waals surface area contributed by atoms with Gasteiger partial charge in [0.1, 0.15) is 24.1 Å². The molecule has 3 aromatic carbocycles. The molecule has 1 fully saturated rings. The maximum Gasteiger partial charge on any atom is 0.318 e. The number of carbonyl (C=O) groups excluding carboxylic acids is 2. The molecule has 0 spiro atoms. The summed E-state index contributed by atoms with van der Waals surface area (Å²) in [5, 5.41) is 11.8. The Balaban J connectivity index is 1.53. The highest BCUT2D eigenvalue weighted by atomic mass is 16.5. The van der Waals surface area contributed by atoms with Crippen molar-refractivity contribution in [1.82, 2.24) is 4.90 Å². The first-order chi connectivity index (χ1) is 14.4. The van der Waals surface area contributed by atoms with Crippen LogP contribution in [-0.4, -0.2) is 49.4 Å². The number of nitrogen functional groups attached to an aromatic ring is 1. The summed E-state index contributed by atoms with van der Waals surface area (Å²) < 4.78 is 10.7. The van der Waals surface area contributed by atoms with E-state index in [1.165, 1.54) is 7.11 Å². The van der Waals surface area contributed by atoms with Crippen LogP contribution in [0.3, 0.4) is 0 Å². The zero-order chi connectivity index (χ0) is 21.4. The van der Waals surface area contributed by atoms with Gasteiger partial charge in [-0.1, -0.05) is 30.3 Å². The molecule has 1 heterocycles. The monoisotopic (exact) mass is 405 g/mol. The van der Waals surface area contributed by atoms with E-state index in [-0.39, 0.29) is 17.8 Å². The second-order valence-corrected chi connectivity index (χ2v) is 7.52. The van der Waals surface area contributed by atoms with Crippen LogP contribution in [0, 0.1) is 11.3 Å². The number of nitrogens with zero attached hydrogens (tertiary/aromatic N) is 1. The first-order valence-electron chi connectivity index (χ1n) is 9.67. The number of fused-ring (bicyclic) bond motifs is 3. The van der Waals surface area contributed by atoms with Crippen molar-refractivity contribution in [2.24, 2.45) is 11.7 Å². The van der Waals surface area contributed by atoms with Crippen LogP contribution in [0.25, 0.3) is 21.5 Å². The SMILES string of the molecule is COC(=O)[C@H]1C[C@@H](COc2ccc3c(ccc4cc(C(=N)N)ccc43)c2)N(C)C1=O. The third-order valence-electron chi connectivity index (χ3n) is 5.75. The van der Waals surface area contributed by atoms with Crippen molar-refractivity contribution in [2.75, 3.05) is 20.8 Å². The number of nitrogens with two attached hydrogens (primary N) is 1. The lowest BCUT2D eigenvalue weighted by Gasteiger charge is -2.20. The fourth-order valence-corrected chi connectivity index (χ4v) is 3.98. The molecule has 0 aromatic heterocycles. The van der Waals surface area contributed by atoms with Crippen molar-refractivity contribution in [1.29, 1.82) is 5.41 Å². The van der Waals surface area contributed by atoms with E-state index in [1.807, 2.05) is 48.5 Å². The molecular weight excluding hydrogens is 382 g/mol. The Morgan fingerprint density at radius 3 is 2.47 bits per heavy atom. The van der Waals surface area contributed by atoms with Gasteiger partial charge in [-0.25, -0.2) is 0 Å². The maximum absolute atomic E-state index is 12.2. The predicted octanol–water partition coefficient (Wildman–Crippen LogP) is 2.68. The second-order valence-electron chi connectivity index (χ2n) is 7.52. The van der Waals surface area contributed by atoms with Gasteiger partial charge in [0.15, 0.2) is 0 Å². The van der Waals surface area contributed by atoms with Gasteiger partial charge in [-0.15, -0.1) is 0 Å². The summed E-state index contributed by atoms with van der Waals surface area (Å²) in [6.07, 6.45) is 0.388. The lowest BCUT2D eigenvalue weighted by Crippen LogP contribution is -2.34. The van der Waals surface area contributed by atoms with Crippen LogP contribution in [0.15, 0.2) is 48.5 Å². The summed E-state index contributed by atoms with van der Waals surface area (Å²) in [6, 6.07) is 15.4. The minimum absolute atomic E-state index is 0.0468. The van der Waals surface area contributed by atoms with Crippen molar-refractivity contribution in [3.05, 3.63) is 54.1 Å². The number of amidine groups is 1. The molecule has 7 nitrogen and oxygen atoms in total. The van der Waals surface area contributed by atoms with E-state index < -0.39 is 11.9 Å². The van der Waals surface area contributed by atoms with E-state index in [4.69, 9.17) is 20.6 Å². The van der Waals surface area contributed by atoms with Gasteiger partial charge in [0.05, 0.1) is 13.2 Å². The number of hydrogen-bond donors (Lipinski definition) is 2. The van der Waals surface area contributed by atoms with E-state index in [1.54, 1.807) is 11.9 Å². The lowest BCUT2D eigenvalue weighted by atomic mass is 10.00.